The van der Waals surface area contributed by atoms with E-state index in [1.54, 1.807) is 0 Å². The molecule has 17 heavy (non-hydrogen) atoms. The zero-order valence-electron chi connectivity index (χ0n) is 10.4. The lowest BCUT2D eigenvalue weighted by molar-refractivity contribution is 0.180. The Kier molecular flexibility index (Phi) is 5.36. The van der Waals surface area contributed by atoms with Crippen LogP contribution in [0.4, 0.5) is 0 Å². The van der Waals surface area contributed by atoms with E-state index in [1.807, 2.05) is 11.8 Å². The van der Waals surface area contributed by atoms with Crippen molar-refractivity contribution in [3.63, 3.8) is 0 Å². The predicted molar refractivity (Wildman–Crippen MR) is 74.4 cm³/mol. The average molecular weight is 251 g/mol. The molecular formula is C14H21NOS. The number of hydrogen-bond acceptors (Lipinski definition) is 3. The summed E-state index contributed by atoms with van der Waals surface area (Å²) in [6.07, 6.45) is 1.21. The highest BCUT2D eigenvalue weighted by molar-refractivity contribution is 7.98. The summed E-state index contributed by atoms with van der Waals surface area (Å²) in [5.41, 5.74) is 1.41. The van der Waals surface area contributed by atoms with E-state index in [0.29, 0.717) is 12.0 Å². The molecule has 2 nitrogen and oxygen atoms in total. The first kappa shape index (κ1) is 12.9. The summed E-state index contributed by atoms with van der Waals surface area (Å²) < 4.78 is 5.46. The van der Waals surface area contributed by atoms with Crippen molar-refractivity contribution in [2.24, 2.45) is 5.92 Å². The normalized spacial score (nSPS) is 21.6. The van der Waals surface area contributed by atoms with Gasteiger partial charge in [0.1, 0.15) is 0 Å². The third kappa shape index (κ3) is 4.02. The van der Waals surface area contributed by atoms with Crippen LogP contribution in [0.25, 0.3) is 0 Å². The van der Waals surface area contributed by atoms with Gasteiger partial charge in [0, 0.05) is 30.1 Å². The largest absolute Gasteiger partial charge is 0.381 e. The highest BCUT2D eigenvalue weighted by Crippen LogP contribution is 2.21. The van der Waals surface area contributed by atoms with Crippen molar-refractivity contribution in [2.45, 2.75) is 18.2 Å². The fourth-order valence-corrected chi connectivity index (χ4v) is 3.44. The quantitative estimate of drug-likeness (QED) is 0.839. The van der Waals surface area contributed by atoms with Gasteiger partial charge in [0.05, 0.1) is 6.61 Å². The van der Waals surface area contributed by atoms with Crippen LogP contribution in [-0.2, 0) is 10.5 Å². The molecule has 1 aromatic carbocycles. The molecule has 1 aliphatic rings. The highest BCUT2D eigenvalue weighted by atomic mass is 32.2. The Morgan fingerprint density at radius 3 is 2.88 bits per heavy atom. The van der Waals surface area contributed by atoms with Crippen LogP contribution in [0.1, 0.15) is 12.0 Å². The smallest absolute Gasteiger partial charge is 0.0510 e. The molecule has 0 spiro atoms. The average Bonchev–Trinajstić information content (AvgIpc) is 2.90. The second-order valence-corrected chi connectivity index (χ2v) is 5.55. The molecule has 2 atom stereocenters. The van der Waals surface area contributed by atoms with E-state index < -0.39 is 0 Å². The predicted octanol–water partition coefficient (Wildman–Crippen LogP) is 2.54. The maximum atomic E-state index is 5.46. The highest BCUT2D eigenvalue weighted by Gasteiger charge is 2.24. The molecule has 2 unspecified atom stereocenters. The van der Waals surface area contributed by atoms with E-state index in [0.717, 1.165) is 19.0 Å². The fraction of sp³-hybridized carbons (Fsp3) is 0.571. The molecule has 1 heterocycles. The minimum atomic E-state index is 0.589. The van der Waals surface area contributed by atoms with Gasteiger partial charge in [-0.2, -0.15) is 11.8 Å². The van der Waals surface area contributed by atoms with Crippen molar-refractivity contribution in [1.82, 2.24) is 5.32 Å². The van der Waals surface area contributed by atoms with Crippen molar-refractivity contribution in [1.29, 1.82) is 0 Å². The van der Waals surface area contributed by atoms with Gasteiger partial charge in [-0.05, 0) is 19.0 Å². The number of ether oxygens (including phenoxy) is 1. The number of rotatable bonds is 6. The van der Waals surface area contributed by atoms with E-state index in [1.165, 1.54) is 17.7 Å². The summed E-state index contributed by atoms with van der Waals surface area (Å²) in [6.45, 7) is 1.86. The van der Waals surface area contributed by atoms with Crippen molar-refractivity contribution in [3.8, 4) is 0 Å². The Morgan fingerprint density at radius 1 is 1.41 bits per heavy atom. The lowest BCUT2D eigenvalue weighted by atomic mass is 10.0. The maximum Gasteiger partial charge on any atom is 0.0510 e. The van der Waals surface area contributed by atoms with Gasteiger partial charge in [-0.1, -0.05) is 30.3 Å². The van der Waals surface area contributed by atoms with E-state index in [9.17, 15) is 0 Å². The molecule has 1 saturated heterocycles. The van der Waals surface area contributed by atoms with E-state index in [-0.39, 0.29) is 0 Å². The molecular weight excluding hydrogens is 230 g/mol. The van der Waals surface area contributed by atoms with Gasteiger partial charge >= 0.3 is 0 Å². The topological polar surface area (TPSA) is 21.3 Å². The summed E-state index contributed by atoms with van der Waals surface area (Å²) >= 11 is 2.01. The molecule has 0 aromatic heterocycles. The Hall–Kier alpha value is -0.510. The molecule has 0 saturated carbocycles. The summed E-state index contributed by atoms with van der Waals surface area (Å²) in [4.78, 5) is 0. The van der Waals surface area contributed by atoms with Gasteiger partial charge in [-0.3, -0.25) is 0 Å². The number of nitrogens with one attached hydrogen (secondary N) is 1. The molecule has 1 fully saturated rings. The molecule has 0 radical (unpaired) electrons. The van der Waals surface area contributed by atoms with Gasteiger partial charge in [-0.15, -0.1) is 0 Å². The zero-order valence-corrected chi connectivity index (χ0v) is 11.2. The van der Waals surface area contributed by atoms with Gasteiger partial charge < -0.3 is 10.1 Å². The van der Waals surface area contributed by atoms with Gasteiger partial charge in [0.15, 0.2) is 0 Å². The third-order valence-corrected chi connectivity index (χ3v) is 4.45. The van der Waals surface area contributed by atoms with Crippen LogP contribution in [0.3, 0.4) is 0 Å². The minimum absolute atomic E-state index is 0.589. The standard InChI is InChI=1S/C14H21NOS/c1-15-14(13-7-8-16-9-13)11-17-10-12-5-3-2-4-6-12/h2-6,13-15H,7-11H2,1H3. The Balaban J connectivity index is 1.72. The molecule has 1 aliphatic heterocycles. The zero-order chi connectivity index (χ0) is 11.9. The molecule has 0 bridgehead atoms. The van der Waals surface area contributed by atoms with E-state index in [4.69, 9.17) is 4.74 Å². The Bertz CT molecular complexity index is 311. The molecule has 1 N–H and O–H groups in total. The van der Waals surface area contributed by atoms with Crippen LogP contribution < -0.4 is 5.32 Å². The molecule has 2 rings (SSSR count). The van der Waals surface area contributed by atoms with Crippen LogP contribution in [0.5, 0.6) is 0 Å². The molecule has 0 aliphatic carbocycles. The number of hydrogen-bond donors (Lipinski definition) is 1. The van der Waals surface area contributed by atoms with Crippen LogP contribution in [0.2, 0.25) is 0 Å². The van der Waals surface area contributed by atoms with Crippen molar-refractivity contribution < 1.29 is 4.74 Å². The lowest BCUT2D eigenvalue weighted by Crippen LogP contribution is -2.36. The minimum Gasteiger partial charge on any atom is -0.381 e. The van der Waals surface area contributed by atoms with E-state index >= 15 is 0 Å². The summed E-state index contributed by atoms with van der Waals surface area (Å²) in [7, 11) is 2.06. The third-order valence-electron chi connectivity index (χ3n) is 3.31. The van der Waals surface area contributed by atoms with E-state index in [2.05, 4.69) is 42.7 Å². The first-order valence-corrected chi connectivity index (χ1v) is 7.42. The van der Waals surface area contributed by atoms with Crippen LogP contribution in [0, 0.1) is 5.92 Å². The monoisotopic (exact) mass is 251 g/mol. The Morgan fingerprint density at radius 2 is 2.24 bits per heavy atom. The Labute approximate surface area is 108 Å². The van der Waals surface area contributed by atoms with Gasteiger partial charge in [0.25, 0.3) is 0 Å². The molecule has 1 aromatic rings. The first-order valence-electron chi connectivity index (χ1n) is 6.27. The molecule has 3 heteroatoms. The van der Waals surface area contributed by atoms with Crippen LogP contribution in [-0.4, -0.2) is 32.1 Å². The first-order chi connectivity index (χ1) is 8.40. The number of benzene rings is 1. The summed E-state index contributed by atoms with van der Waals surface area (Å²) in [5, 5.41) is 3.43. The van der Waals surface area contributed by atoms with Crippen LogP contribution >= 0.6 is 11.8 Å². The fourth-order valence-electron chi connectivity index (χ4n) is 2.20. The number of thioether (sulfide) groups is 1. The maximum absolute atomic E-state index is 5.46. The lowest BCUT2D eigenvalue weighted by Gasteiger charge is -2.21. The van der Waals surface area contributed by atoms with Crippen LogP contribution in [0.15, 0.2) is 30.3 Å². The van der Waals surface area contributed by atoms with Gasteiger partial charge in [-0.25, -0.2) is 0 Å². The second-order valence-electron chi connectivity index (χ2n) is 4.52. The molecule has 0 amide bonds. The van der Waals surface area contributed by atoms with Crippen molar-refractivity contribution in [2.75, 3.05) is 26.0 Å². The summed E-state index contributed by atoms with van der Waals surface area (Å²) in [6, 6.07) is 11.3. The molecule has 94 valence electrons. The van der Waals surface area contributed by atoms with Crippen molar-refractivity contribution >= 4 is 11.8 Å². The second kappa shape index (κ2) is 7.04. The summed E-state index contributed by atoms with van der Waals surface area (Å²) in [5.74, 6) is 2.97. The van der Waals surface area contributed by atoms with Gasteiger partial charge in [0.2, 0.25) is 0 Å². The van der Waals surface area contributed by atoms with Crippen molar-refractivity contribution in [3.05, 3.63) is 35.9 Å². The SMILES string of the molecule is CNC(CSCc1ccccc1)C1CCOC1.